The Balaban J connectivity index is 0.893. The average molecular weight is 885 g/mol. The largest absolute Gasteiger partial charge is 0.469 e. The predicted octanol–water partition coefficient (Wildman–Crippen LogP) is 7.13. The quantitative estimate of drug-likeness (QED) is 0.152. The summed E-state index contributed by atoms with van der Waals surface area (Å²) in [5, 5.41) is 2.97. The summed E-state index contributed by atoms with van der Waals surface area (Å²) < 4.78 is 16.2. The molecule has 3 amide bonds. The summed E-state index contributed by atoms with van der Waals surface area (Å²) in [6.07, 6.45) is 9.05. The first-order chi connectivity index (χ1) is 31.2. The maximum absolute atomic E-state index is 14.3. The van der Waals surface area contributed by atoms with Gasteiger partial charge in [-0.2, -0.15) is 0 Å². The molecule has 8 rings (SSSR count). The van der Waals surface area contributed by atoms with Crippen LogP contribution in [0.1, 0.15) is 115 Å². The molecule has 0 radical (unpaired) electrons. The second-order valence-corrected chi connectivity index (χ2v) is 20.2. The number of rotatable bonds is 11. The number of esters is 1. The number of aromatic amines is 1. The van der Waals surface area contributed by atoms with Crippen LogP contribution in [0.25, 0.3) is 16.8 Å². The standard InChI is InChI=1S/C52H64N6O7/c1-33(59)55-47(39-19-23-65-24-20-39)50(62)58-32-52(4,5)28-45(58)48-54-30-43(56-48)38-15-11-35(12-16-38)8-7-34-9-13-36(14-10-34)40-25-42(53-29-40)44-27-51(2,3)31-57(44)49(61)41(26-46(60)63-6)37-17-21-64-22-18-37/h9-16,29-30,37,39,41,44-45,47H,17-28,31-32H2,1-6H3,(H,54,56)(H,55,59)/t41-,44-,45-,47-/m0/s1. The number of H-pyrrole nitrogens is 1. The van der Waals surface area contributed by atoms with E-state index in [0.29, 0.717) is 45.9 Å². The number of imidazole rings is 1. The molecule has 6 heterocycles. The third-order valence-corrected chi connectivity index (χ3v) is 14.0. The molecule has 0 spiro atoms. The second kappa shape index (κ2) is 19.5. The number of carbonyl (C=O) groups excluding carboxylic acids is 4. The minimum Gasteiger partial charge on any atom is -0.469 e. The molecule has 13 heteroatoms. The van der Waals surface area contributed by atoms with Crippen molar-refractivity contribution in [3.63, 3.8) is 0 Å². The maximum Gasteiger partial charge on any atom is 0.306 e. The normalized spacial score (nSPS) is 22.9. The van der Waals surface area contributed by atoms with Gasteiger partial charge in [0.1, 0.15) is 11.9 Å². The molecule has 5 aliphatic rings. The minimum atomic E-state index is -0.592. The van der Waals surface area contributed by atoms with Crippen LogP contribution in [0.5, 0.6) is 0 Å². The smallest absolute Gasteiger partial charge is 0.306 e. The van der Waals surface area contributed by atoms with Crippen LogP contribution in [0.15, 0.2) is 65.9 Å². The predicted molar refractivity (Wildman–Crippen MR) is 248 cm³/mol. The van der Waals surface area contributed by atoms with Gasteiger partial charge in [-0.05, 0) is 102 Å². The Bertz CT molecular complexity index is 2360. The van der Waals surface area contributed by atoms with Crippen LogP contribution < -0.4 is 5.32 Å². The van der Waals surface area contributed by atoms with Crippen molar-refractivity contribution >= 4 is 35.0 Å². The molecule has 13 nitrogen and oxygen atoms in total. The molecule has 5 aliphatic heterocycles. The fourth-order valence-corrected chi connectivity index (χ4v) is 10.5. The van der Waals surface area contributed by atoms with Crippen molar-refractivity contribution in [3.05, 3.63) is 83.4 Å². The molecule has 344 valence electrons. The first-order valence-electron chi connectivity index (χ1n) is 23.3. The van der Waals surface area contributed by atoms with Gasteiger partial charge < -0.3 is 34.3 Å². The monoisotopic (exact) mass is 884 g/mol. The average Bonchev–Trinajstić information content (AvgIpc) is 4.12. The number of carbonyl (C=O) groups is 4. The molecule has 0 unspecified atom stereocenters. The van der Waals surface area contributed by atoms with Crippen LogP contribution in [0.2, 0.25) is 0 Å². The Kier molecular flexibility index (Phi) is 13.8. The van der Waals surface area contributed by atoms with Gasteiger partial charge in [-0.15, -0.1) is 0 Å². The molecule has 4 fully saturated rings. The lowest BCUT2D eigenvalue weighted by Gasteiger charge is -2.34. The maximum atomic E-state index is 14.3. The molecule has 4 atom stereocenters. The molecule has 2 N–H and O–H groups in total. The van der Waals surface area contributed by atoms with Crippen molar-refractivity contribution in [2.75, 3.05) is 46.6 Å². The van der Waals surface area contributed by atoms with Crippen molar-refractivity contribution < 1.29 is 33.4 Å². The zero-order valence-electron chi connectivity index (χ0n) is 38.8. The molecular weight excluding hydrogens is 821 g/mol. The van der Waals surface area contributed by atoms with E-state index in [4.69, 9.17) is 24.2 Å². The topological polar surface area (TPSA) is 156 Å². The SMILES string of the molecule is COC(=O)C[C@H](C(=O)N1CC(C)(C)C[C@H]1C1=NC=C(c2ccc(C#Cc3ccc(-c4cnc([C@@H]5CC(C)(C)CN5C(=O)[C@@H](NC(C)=O)C5CCOCC5)[nH]4)cc3)cc2)C1)C1CCOCC1. The number of allylic oxidation sites excluding steroid dienone is 1. The van der Waals surface area contributed by atoms with Gasteiger partial charge in [-0.3, -0.25) is 24.2 Å². The molecular formula is C52H64N6O7. The second-order valence-electron chi connectivity index (χ2n) is 20.2. The number of nitrogens with zero attached hydrogens (tertiary/aromatic N) is 4. The first kappa shape index (κ1) is 46.0. The number of aliphatic imine (C=N–C) groups is 1. The summed E-state index contributed by atoms with van der Waals surface area (Å²) in [5.41, 5.74) is 6.56. The summed E-state index contributed by atoms with van der Waals surface area (Å²) in [6, 6.07) is 15.3. The third kappa shape index (κ3) is 10.8. The van der Waals surface area contributed by atoms with Gasteiger partial charge in [-0.25, -0.2) is 4.98 Å². The van der Waals surface area contributed by atoms with E-state index in [1.807, 2.05) is 58.6 Å². The summed E-state index contributed by atoms with van der Waals surface area (Å²) in [5.74, 6) is 6.43. The highest BCUT2D eigenvalue weighted by Gasteiger charge is 2.47. The van der Waals surface area contributed by atoms with Crippen LogP contribution in [0, 0.1) is 40.4 Å². The van der Waals surface area contributed by atoms with Gasteiger partial charge in [0.2, 0.25) is 17.7 Å². The zero-order valence-corrected chi connectivity index (χ0v) is 38.8. The van der Waals surface area contributed by atoms with Crippen molar-refractivity contribution in [3.8, 4) is 23.1 Å². The van der Waals surface area contributed by atoms with E-state index in [2.05, 4.69) is 62.0 Å². The number of aromatic nitrogens is 2. The summed E-state index contributed by atoms with van der Waals surface area (Å²) in [7, 11) is 1.38. The van der Waals surface area contributed by atoms with Gasteiger partial charge in [0.15, 0.2) is 0 Å². The van der Waals surface area contributed by atoms with Crippen LogP contribution in [-0.2, 0) is 33.4 Å². The highest BCUT2D eigenvalue weighted by Crippen LogP contribution is 2.44. The minimum absolute atomic E-state index is 0.0209. The number of benzene rings is 2. The number of amides is 3. The fraction of sp³-hybridized carbons (Fsp3) is 0.538. The van der Waals surface area contributed by atoms with Crippen LogP contribution >= 0.6 is 0 Å². The summed E-state index contributed by atoms with van der Waals surface area (Å²) in [4.78, 5) is 70.3. The van der Waals surface area contributed by atoms with E-state index >= 15 is 0 Å². The summed E-state index contributed by atoms with van der Waals surface area (Å²) in [6.45, 7) is 13.8. The number of hydrogen-bond acceptors (Lipinski definition) is 9. The van der Waals surface area contributed by atoms with Crippen LogP contribution in [-0.4, -0.2) is 108 Å². The van der Waals surface area contributed by atoms with Gasteiger partial charge in [0.05, 0.1) is 43.4 Å². The van der Waals surface area contributed by atoms with Gasteiger partial charge in [0.25, 0.3) is 0 Å². The Hall–Kier alpha value is -5.58. The summed E-state index contributed by atoms with van der Waals surface area (Å²) >= 11 is 0. The van der Waals surface area contributed by atoms with E-state index in [1.54, 1.807) is 0 Å². The van der Waals surface area contributed by atoms with Crippen molar-refractivity contribution in [2.24, 2.45) is 33.6 Å². The Morgan fingerprint density at radius 1 is 0.800 bits per heavy atom. The number of ether oxygens (including phenoxy) is 3. The van der Waals surface area contributed by atoms with E-state index in [9.17, 15) is 19.2 Å². The fourth-order valence-electron chi connectivity index (χ4n) is 10.5. The van der Waals surface area contributed by atoms with Crippen molar-refractivity contribution in [1.82, 2.24) is 25.1 Å². The lowest BCUT2D eigenvalue weighted by molar-refractivity contribution is -0.149. The van der Waals surface area contributed by atoms with E-state index < -0.39 is 12.0 Å². The van der Waals surface area contributed by atoms with Crippen LogP contribution in [0.4, 0.5) is 0 Å². The zero-order chi connectivity index (χ0) is 45.9. The Morgan fingerprint density at radius 3 is 1.94 bits per heavy atom. The molecule has 4 saturated heterocycles. The van der Waals surface area contributed by atoms with Crippen molar-refractivity contribution in [1.29, 1.82) is 0 Å². The third-order valence-electron chi connectivity index (χ3n) is 14.0. The molecule has 3 aromatic rings. The number of nitrogens with one attached hydrogen (secondary N) is 2. The Morgan fingerprint density at radius 2 is 1.35 bits per heavy atom. The van der Waals surface area contributed by atoms with Crippen molar-refractivity contribution in [2.45, 2.75) is 104 Å². The molecule has 1 aromatic heterocycles. The highest BCUT2D eigenvalue weighted by atomic mass is 16.5. The van der Waals surface area contributed by atoms with E-state index in [-0.39, 0.29) is 64.9 Å². The van der Waals surface area contributed by atoms with E-state index in [1.165, 1.54) is 14.0 Å². The van der Waals surface area contributed by atoms with Gasteiger partial charge in [0, 0.05) is 75.9 Å². The number of likely N-dealkylation sites (tertiary alicyclic amines) is 2. The molecule has 0 bridgehead atoms. The molecule has 65 heavy (non-hydrogen) atoms. The van der Waals surface area contributed by atoms with Gasteiger partial charge >= 0.3 is 5.97 Å². The lowest BCUT2D eigenvalue weighted by atomic mass is 9.82. The van der Waals surface area contributed by atoms with Crippen LogP contribution in [0.3, 0.4) is 0 Å². The van der Waals surface area contributed by atoms with E-state index in [0.717, 1.165) is 83.6 Å². The molecule has 2 aromatic carbocycles. The first-order valence-corrected chi connectivity index (χ1v) is 23.3. The molecule has 0 saturated carbocycles. The lowest BCUT2D eigenvalue weighted by Crippen LogP contribution is -2.53. The Labute approximate surface area is 383 Å². The highest BCUT2D eigenvalue weighted by molar-refractivity contribution is 6.03. The number of methoxy groups -OCH3 is 1. The molecule has 0 aliphatic carbocycles. The van der Waals surface area contributed by atoms with Gasteiger partial charge in [-0.1, -0.05) is 63.8 Å². The number of hydrogen-bond donors (Lipinski definition) is 2.